The normalized spacial score (nSPS) is 16.8. The van der Waals surface area contributed by atoms with E-state index in [-0.39, 0.29) is 22.2 Å². The molecule has 2 aliphatic rings. The molecule has 0 amide bonds. The monoisotopic (exact) mass is 578 g/mol. The van der Waals surface area contributed by atoms with Crippen LogP contribution < -0.4 is 0 Å². The van der Waals surface area contributed by atoms with E-state index in [1.165, 1.54) is 61.2 Å². The van der Waals surface area contributed by atoms with Gasteiger partial charge in [0.15, 0.2) is 0 Å². The molecule has 2 aliphatic carbocycles. The third-order valence-electron chi connectivity index (χ3n) is 10.2. The summed E-state index contributed by atoms with van der Waals surface area (Å²) in [5, 5.41) is 0. The molecule has 4 aromatic carbocycles. The summed E-state index contributed by atoms with van der Waals surface area (Å²) in [7, 11) is 0. The van der Waals surface area contributed by atoms with Gasteiger partial charge in [-0.05, 0) is 85.2 Å². The summed E-state index contributed by atoms with van der Waals surface area (Å²) in [4.78, 5) is 0. The van der Waals surface area contributed by atoms with Crippen molar-refractivity contribution in [1.29, 1.82) is 0 Å². The highest BCUT2D eigenvalue weighted by Gasteiger charge is 2.47. The lowest BCUT2D eigenvalue weighted by molar-refractivity contribution is 0.488. The maximum Gasteiger partial charge on any atom is 0.0554 e. The fourth-order valence-electron chi connectivity index (χ4n) is 7.62. The van der Waals surface area contributed by atoms with Crippen LogP contribution in [0.2, 0.25) is 0 Å². The van der Waals surface area contributed by atoms with Crippen molar-refractivity contribution in [3.63, 3.8) is 0 Å². The Morgan fingerprint density at radius 2 is 1.02 bits per heavy atom. The van der Waals surface area contributed by atoms with E-state index >= 15 is 0 Å². The number of hydrogen-bond donors (Lipinski definition) is 0. The Bertz CT molecular complexity index is 1690. The van der Waals surface area contributed by atoms with Crippen LogP contribution in [0.1, 0.15) is 108 Å². The second kappa shape index (κ2) is 10.5. The van der Waals surface area contributed by atoms with Gasteiger partial charge in [0.25, 0.3) is 0 Å². The highest BCUT2D eigenvalue weighted by molar-refractivity contribution is 5.79. The van der Waals surface area contributed by atoms with Crippen LogP contribution >= 0.6 is 0 Å². The molecule has 0 spiro atoms. The first kappa shape index (κ1) is 30.4. The van der Waals surface area contributed by atoms with Crippen LogP contribution in [0.5, 0.6) is 0 Å². The Kier molecular flexibility index (Phi) is 7.23. The summed E-state index contributed by atoms with van der Waals surface area (Å²) in [6.07, 6.45) is 6.05. The second-order valence-electron chi connectivity index (χ2n) is 16.4. The topological polar surface area (TPSA) is 0 Å². The molecule has 6 rings (SSSR count). The van der Waals surface area contributed by atoms with Crippen molar-refractivity contribution < 1.29 is 0 Å². The van der Waals surface area contributed by atoms with Crippen LogP contribution in [0, 0.1) is 11.3 Å². The lowest BCUT2D eigenvalue weighted by atomic mass is 9.59. The highest BCUT2D eigenvalue weighted by Crippen LogP contribution is 2.55. The van der Waals surface area contributed by atoms with Gasteiger partial charge in [0.2, 0.25) is 0 Å². The molecule has 0 heterocycles. The summed E-state index contributed by atoms with van der Waals surface area (Å²) in [5.41, 5.74) is 15.3. The molecule has 0 aliphatic heterocycles. The molecule has 0 N–H and O–H groups in total. The first-order chi connectivity index (χ1) is 20.6. The smallest absolute Gasteiger partial charge is 0.0554 e. The minimum absolute atomic E-state index is 0.0722. The van der Waals surface area contributed by atoms with Crippen molar-refractivity contribution in [2.24, 2.45) is 11.3 Å². The Hall–Kier alpha value is -3.64. The van der Waals surface area contributed by atoms with Crippen LogP contribution in [-0.4, -0.2) is 0 Å². The molecule has 0 fully saturated rings. The van der Waals surface area contributed by atoms with E-state index in [9.17, 15) is 0 Å². The van der Waals surface area contributed by atoms with Crippen LogP contribution in [-0.2, 0) is 22.7 Å². The largest absolute Gasteiger partial charge is 0.0720 e. The van der Waals surface area contributed by atoms with Crippen molar-refractivity contribution in [1.82, 2.24) is 0 Å². The van der Waals surface area contributed by atoms with Gasteiger partial charge < -0.3 is 0 Å². The molecular formula is C44H50. The van der Waals surface area contributed by atoms with Gasteiger partial charge in [-0.25, -0.2) is 0 Å². The number of hydrogen-bond acceptors (Lipinski definition) is 0. The Morgan fingerprint density at radius 3 is 1.52 bits per heavy atom. The quantitative estimate of drug-likeness (QED) is 0.186. The van der Waals surface area contributed by atoms with Gasteiger partial charge in [0.05, 0.1) is 5.41 Å². The number of fused-ring (bicyclic) bond motifs is 3. The van der Waals surface area contributed by atoms with E-state index < -0.39 is 5.41 Å². The van der Waals surface area contributed by atoms with Gasteiger partial charge in [-0.15, -0.1) is 0 Å². The van der Waals surface area contributed by atoms with Gasteiger partial charge in [-0.2, -0.15) is 0 Å². The molecule has 1 unspecified atom stereocenters. The lowest BCUT2D eigenvalue weighted by Gasteiger charge is -2.43. The lowest BCUT2D eigenvalue weighted by Crippen LogP contribution is -2.38. The maximum absolute atomic E-state index is 2.60. The Morgan fingerprint density at radius 1 is 0.523 bits per heavy atom. The predicted octanol–water partition coefficient (Wildman–Crippen LogP) is 11.7. The van der Waals surface area contributed by atoms with E-state index in [1.54, 1.807) is 0 Å². The van der Waals surface area contributed by atoms with Crippen molar-refractivity contribution in [3.05, 3.63) is 153 Å². The minimum Gasteiger partial charge on any atom is -0.0720 e. The summed E-state index contributed by atoms with van der Waals surface area (Å²) >= 11 is 0. The molecule has 0 radical (unpaired) electrons. The first-order valence-electron chi connectivity index (χ1n) is 16.4. The SMILES string of the molecule is CC1=CC(C(C)(C)C)=CC1C(c1ccc(C(C)(C)C)cc1)(c1ccc(C(C)(C)C)cc1)c1cccc2c1Cc1ccccc1-2. The van der Waals surface area contributed by atoms with E-state index in [0.29, 0.717) is 0 Å². The van der Waals surface area contributed by atoms with Crippen LogP contribution in [0.3, 0.4) is 0 Å². The molecule has 4 aromatic rings. The average Bonchev–Trinajstić information content (AvgIpc) is 3.55. The van der Waals surface area contributed by atoms with Crippen LogP contribution in [0.4, 0.5) is 0 Å². The molecule has 44 heavy (non-hydrogen) atoms. The number of allylic oxidation sites excluding steroid dienone is 4. The molecule has 0 nitrogen and oxygen atoms in total. The van der Waals surface area contributed by atoms with Gasteiger partial charge in [0.1, 0.15) is 0 Å². The maximum atomic E-state index is 2.60. The van der Waals surface area contributed by atoms with Gasteiger partial charge >= 0.3 is 0 Å². The predicted molar refractivity (Wildman–Crippen MR) is 190 cm³/mol. The third kappa shape index (κ3) is 5.01. The van der Waals surface area contributed by atoms with E-state index in [0.717, 1.165) is 6.42 Å². The second-order valence-corrected chi connectivity index (χ2v) is 16.4. The van der Waals surface area contributed by atoms with Crippen molar-refractivity contribution in [3.8, 4) is 11.1 Å². The van der Waals surface area contributed by atoms with Gasteiger partial charge in [0, 0.05) is 5.92 Å². The molecule has 226 valence electrons. The molecule has 0 aromatic heterocycles. The van der Waals surface area contributed by atoms with Crippen LogP contribution in [0.25, 0.3) is 11.1 Å². The number of rotatable bonds is 4. The summed E-state index contributed by atoms with van der Waals surface area (Å²) in [6, 6.07) is 35.4. The summed E-state index contributed by atoms with van der Waals surface area (Å²) in [5.74, 6) is 0.188. The summed E-state index contributed by atoms with van der Waals surface area (Å²) < 4.78 is 0. The molecule has 0 bridgehead atoms. The molecule has 0 saturated carbocycles. The molecule has 1 atom stereocenters. The van der Waals surface area contributed by atoms with E-state index in [1.807, 2.05) is 0 Å². The summed E-state index contributed by atoms with van der Waals surface area (Å²) in [6.45, 7) is 23.3. The van der Waals surface area contributed by atoms with Crippen molar-refractivity contribution in [2.75, 3.05) is 0 Å². The molecule has 0 heteroatoms. The number of benzene rings is 4. The zero-order valence-corrected chi connectivity index (χ0v) is 28.6. The van der Waals surface area contributed by atoms with Crippen molar-refractivity contribution in [2.45, 2.75) is 91.9 Å². The minimum atomic E-state index is -0.395. The van der Waals surface area contributed by atoms with E-state index in [2.05, 4.69) is 172 Å². The van der Waals surface area contributed by atoms with Gasteiger partial charge in [-0.3, -0.25) is 0 Å². The Balaban J connectivity index is 1.72. The zero-order chi connectivity index (χ0) is 31.7. The fraction of sp³-hybridized carbons (Fsp3) is 0.364. The highest BCUT2D eigenvalue weighted by atomic mass is 14.5. The van der Waals surface area contributed by atoms with E-state index in [4.69, 9.17) is 0 Å². The zero-order valence-electron chi connectivity index (χ0n) is 28.6. The fourth-order valence-corrected chi connectivity index (χ4v) is 7.62. The third-order valence-corrected chi connectivity index (χ3v) is 10.2. The molecule has 0 saturated heterocycles. The average molecular weight is 579 g/mol. The standard InChI is InChI=1S/C44H50/c1-29-26-35(43(8,9)10)28-40(29)44(33-22-18-31(19-23-33)41(2,3)4,34-24-20-32(21-25-34)42(5,6)7)39-17-13-16-37-36-15-12-11-14-30(36)27-38(37)39/h11-26,28,40H,27H2,1-10H3. The van der Waals surface area contributed by atoms with Crippen LogP contribution in [0.15, 0.2) is 114 Å². The first-order valence-corrected chi connectivity index (χ1v) is 16.4. The van der Waals surface area contributed by atoms with Crippen molar-refractivity contribution >= 4 is 0 Å². The Labute approximate surface area is 267 Å². The molecular weight excluding hydrogens is 528 g/mol. The van der Waals surface area contributed by atoms with Gasteiger partial charge in [-0.1, -0.05) is 171 Å².